The average molecular weight is 607 g/mol. The van der Waals surface area contributed by atoms with Crippen molar-refractivity contribution in [2.75, 3.05) is 6.61 Å². The number of carboxylic acids is 1. The summed E-state index contributed by atoms with van der Waals surface area (Å²) in [5, 5.41) is 23.2. The summed E-state index contributed by atoms with van der Waals surface area (Å²) in [6.07, 6.45) is 9.92. The molecule has 0 heterocycles. The first-order valence-corrected chi connectivity index (χ1v) is 16.1. The summed E-state index contributed by atoms with van der Waals surface area (Å²) < 4.78 is 30.1. The second kappa shape index (κ2) is 19.0. The Morgan fingerprint density at radius 3 is 2.05 bits per heavy atom. The van der Waals surface area contributed by atoms with Crippen molar-refractivity contribution >= 4 is 25.4 Å². The van der Waals surface area contributed by atoms with Gasteiger partial charge in [0.15, 0.2) is 6.10 Å². The van der Waals surface area contributed by atoms with Gasteiger partial charge < -0.3 is 14.4 Å². The number of carbonyl (C=O) groups is 2. The molecule has 0 bridgehead atoms. The maximum absolute atomic E-state index is 13.8. The lowest BCUT2D eigenvalue weighted by Crippen LogP contribution is -2.39. The number of nitro groups is 1. The van der Waals surface area contributed by atoms with E-state index in [1.165, 1.54) is 57.6 Å². The van der Waals surface area contributed by atoms with Gasteiger partial charge in [-0.05, 0) is 37.5 Å². The Kier molecular flexibility index (Phi) is 15.8. The molecule has 1 unspecified atom stereocenters. The number of aliphatic carboxylic acids is 1. The van der Waals surface area contributed by atoms with Gasteiger partial charge in [-0.15, -0.1) is 0 Å². The lowest BCUT2D eigenvalue weighted by atomic mass is 10.1. The van der Waals surface area contributed by atoms with E-state index in [1.807, 2.05) is 0 Å². The topological polar surface area (TPSA) is 154 Å². The number of carboxylic acid groups (broad SMARTS) is 1. The van der Waals surface area contributed by atoms with Crippen molar-refractivity contribution in [3.05, 3.63) is 70.3 Å². The number of esters is 1. The van der Waals surface area contributed by atoms with Crippen LogP contribution in [0.4, 0.5) is 5.69 Å². The lowest BCUT2D eigenvalue weighted by Gasteiger charge is -2.25. The summed E-state index contributed by atoms with van der Waals surface area (Å²) >= 11 is 0. The molecule has 0 fully saturated rings. The Labute approximate surface area is 247 Å². The molecule has 0 aromatic heterocycles. The highest BCUT2D eigenvalue weighted by molar-refractivity contribution is 7.52. The van der Waals surface area contributed by atoms with Crippen molar-refractivity contribution in [3.8, 4) is 5.75 Å². The zero-order valence-corrected chi connectivity index (χ0v) is 25.3. The van der Waals surface area contributed by atoms with E-state index in [1.54, 1.807) is 30.3 Å². The van der Waals surface area contributed by atoms with Gasteiger partial charge in [-0.3, -0.25) is 19.4 Å². The van der Waals surface area contributed by atoms with Crippen LogP contribution in [0.2, 0.25) is 0 Å². The molecule has 0 saturated carbocycles. The maximum Gasteiger partial charge on any atom is 0.460 e. The van der Waals surface area contributed by atoms with Gasteiger partial charge in [-0.2, -0.15) is 5.09 Å². The summed E-state index contributed by atoms with van der Waals surface area (Å²) in [7, 11) is -4.51. The fourth-order valence-corrected chi connectivity index (χ4v) is 5.85. The second-order valence-electron chi connectivity index (χ2n) is 10.1. The molecule has 2 aromatic rings. The van der Waals surface area contributed by atoms with E-state index in [2.05, 4.69) is 12.0 Å². The molecule has 3 atom stereocenters. The van der Waals surface area contributed by atoms with E-state index in [-0.39, 0.29) is 24.5 Å². The van der Waals surface area contributed by atoms with Gasteiger partial charge in [0, 0.05) is 12.1 Å². The summed E-state index contributed by atoms with van der Waals surface area (Å²) in [4.78, 5) is 35.0. The molecule has 0 radical (unpaired) electrons. The van der Waals surface area contributed by atoms with E-state index < -0.39 is 36.8 Å². The van der Waals surface area contributed by atoms with Crippen LogP contribution in [0.3, 0.4) is 0 Å². The highest BCUT2D eigenvalue weighted by Crippen LogP contribution is 2.46. The van der Waals surface area contributed by atoms with Crippen LogP contribution >= 0.6 is 7.75 Å². The maximum atomic E-state index is 13.8. The van der Waals surface area contributed by atoms with E-state index in [9.17, 15) is 29.4 Å². The molecule has 2 aromatic carbocycles. The summed E-state index contributed by atoms with van der Waals surface area (Å²) in [6.45, 7) is 3.71. The molecule has 0 aliphatic heterocycles. The van der Waals surface area contributed by atoms with E-state index in [0.29, 0.717) is 12.0 Å². The van der Waals surface area contributed by atoms with Crippen LogP contribution in [-0.4, -0.2) is 40.7 Å². The average Bonchev–Trinajstić information content (AvgIpc) is 2.96. The molecule has 0 aliphatic rings. The van der Waals surface area contributed by atoms with Crippen molar-refractivity contribution in [2.24, 2.45) is 0 Å². The number of nitrogens with one attached hydrogen (secondary N) is 1. The van der Waals surface area contributed by atoms with Crippen LogP contribution < -0.4 is 9.61 Å². The van der Waals surface area contributed by atoms with Gasteiger partial charge in [-0.1, -0.05) is 95.0 Å². The van der Waals surface area contributed by atoms with Crippen molar-refractivity contribution in [2.45, 2.75) is 96.6 Å². The van der Waals surface area contributed by atoms with E-state index >= 15 is 0 Å². The minimum Gasteiger partial charge on any atom is -0.480 e. The minimum absolute atomic E-state index is 0.0509. The summed E-state index contributed by atoms with van der Waals surface area (Å²) in [6, 6.07) is 12.0. The number of hydrogen-bond donors (Lipinski definition) is 2. The van der Waals surface area contributed by atoms with Gasteiger partial charge in [0.25, 0.3) is 5.69 Å². The predicted octanol–water partition coefficient (Wildman–Crippen LogP) is 7.24. The predicted molar refractivity (Wildman–Crippen MR) is 159 cm³/mol. The standard InChI is InChI=1S/C30H43N2O9P/c1-3-4-5-6-7-8-9-10-11-15-22-39-30(35)24(2)40-42(38,41-27-20-18-26(19-21-27)32(36)37)31-28(29(33)34)23-25-16-13-12-14-17-25/h12-14,16-21,24,28H,3-11,15,22-23H2,1-2H3,(H,31,38)(H,33,34)/t24-,28-,42?/m0/s1. The Morgan fingerprint density at radius 1 is 0.929 bits per heavy atom. The third kappa shape index (κ3) is 13.6. The fourth-order valence-electron chi connectivity index (χ4n) is 4.21. The fraction of sp³-hybridized carbons (Fsp3) is 0.533. The normalized spacial score (nSPS) is 14.0. The molecule has 42 heavy (non-hydrogen) atoms. The van der Waals surface area contributed by atoms with Crippen molar-refractivity contribution in [3.63, 3.8) is 0 Å². The number of benzene rings is 2. The number of ether oxygens (including phenoxy) is 1. The van der Waals surface area contributed by atoms with Crippen LogP contribution in [0.1, 0.15) is 83.6 Å². The number of carbonyl (C=O) groups excluding carboxylic acids is 1. The first-order valence-electron chi connectivity index (χ1n) is 14.6. The Morgan fingerprint density at radius 2 is 1.50 bits per heavy atom. The number of nitro benzene ring substituents is 1. The Balaban J connectivity index is 1.97. The number of hydrogen-bond acceptors (Lipinski definition) is 8. The van der Waals surface area contributed by atoms with Gasteiger partial charge in [0.2, 0.25) is 0 Å². The molecule has 2 N–H and O–H groups in total. The molecular formula is C30H43N2O9P. The molecule has 0 aliphatic carbocycles. The Bertz CT molecular complexity index is 1150. The summed E-state index contributed by atoms with van der Waals surface area (Å²) in [5.74, 6) is -2.16. The van der Waals surface area contributed by atoms with E-state index in [0.717, 1.165) is 31.4 Å². The molecular weight excluding hydrogens is 563 g/mol. The number of rotatable bonds is 22. The SMILES string of the molecule is CCCCCCCCCCCCOC(=O)[C@H](C)OP(=O)(N[C@@H](Cc1ccccc1)C(=O)O)Oc1ccc([N+](=O)[O-])cc1. The molecule has 0 amide bonds. The first-order chi connectivity index (χ1) is 20.1. The van der Waals surface area contributed by atoms with Crippen molar-refractivity contribution in [1.82, 2.24) is 5.09 Å². The molecule has 232 valence electrons. The monoisotopic (exact) mass is 606 g/mol. The van der Waals surface area contributed by atoms with Gasteiger partial charge >= 0.3 is 19.7 Å². The minimum atomic E-state index is -4.51. The second-order valence-corrected chi connectivity index (χ2v) is 11.8. The van der Waals surface area contributed by atoms with Crippen molar-refractivity contribution in [1.29, 1.82) is 0 Å². The smallest absolute Gasteiger partial charge is 0.460 e. The van der Waals surface area contributed by atoms with Crippen LogP contribution in [0.25, 0.3) is 0 Å². The number of nitrogens with zero attached hydrogens (tertiary/aromatic N) is 1. The molecule has 12 heteroatoms. The van der Waals surface area contributed by atoms with Gasteiger partial charge in [0.1, 0.15) is 11.8 Å². The van der Waals surface area contributed by atoms with Gasteiger partial charge in [0.05, 0.1) is 11.5 Å². The third-order valence-corrected chi connectivity index (χ3v) is 8.21. The largest absolute Gasteiger partial charge is 0.480 e. The third-order valence-electron chi connectivity index (χ3n) is 6.54. The summed E-state index contributed by atoms with van der Waals surface area (Å²) in [5.41, 5.74) is 0.436. The molecule has 2 rings (SSSR count). The highest BCUT2D eigenvalue weighted by atomic mass is 31.2. The quantitative estimate of drug-likeness (QED) is 0.0461. The zero-order chi connectivity index (χ0) is 30.8. The lowest BCUT2D eigenvalue weighted by molar-refractivity contribution is -0.384. The van der Waals surface area contributed by atoms with Crippen LogP contribution in [-0.2, 0) is 29.8 Å². The molecule has 0 spiro atoms. The van der Waals surface area contributed by atoms with Crippen molar-refractivity contribution < 1.29 is 38.0 Å². The Hall–Kier alpha value is -3.27. The zero-order valence-electron chi connectivity index (χ0n) is 24.4. The molecule has 11 nitrogen and oxygen atoms in total. The van der Waals surface area contributed by atoms with Gasteiger partial charge in [-0.25, -0.2) is 9.36 Å². The number of non-ortho nitro benzene ring substituents is 1. The molecule has 0 saturated heterocycles. The van der Waals surface area contributed by atoms with E-state index in [4.69, 9.17) is 13.8 Å². The van der Waals surface area contributed by atoms with Crippen LogP contribution in [0, 0.1) is 10.1 Å². The highest BCUT2D eigenvalue weighted by Gasteiger charge is 2.37. The number of unbranched alkanes of at least 4 members (excludes halogenated alkanes) is 9. The van der Waals surface area contributed by atoms with Crippen LogP contribution in [0.5, 0.6) is 5.75 Å². The van der Waals surface area contributed by atoms with Crippen LogP contribution in [0.15, 0.2) is 54.6 Å². The first kappa shape index (κ1) is 34.9.